The van der Waals surface area contributed by atoms with E-state index in [1.54, 1.807) is 0 Å². The molecule has 0 bridgehead atoms. The fourth-order valence-electron chi connectivity index (χ4n) is 1.24. The van der Waals surface area contributed by atoms with Crippen molar-refractivity contribution in [3.05, 3.63) is 24.3 Å². The first-order valence-corrected chi connectivity index (χ1v) is 5.28. The molecule has 0 fully saturated rings. The van der Waals surface area contributed by atoms with E-state index in [0.29, 0.717) is 0 Å². The molecule has 0 saturated heterocycles. The van der Waals surface area contributed by atoms with E-state index in [1.807, 2.05) is 6.08 Å². The summed E-state index contributed by atoms with van der Waals surface area (Å²) in [4.78, 5) is 0. The summed E-state index contributed by atoms with van der Waals surface area (Å²) in [6.07, 6.45) is 15.8. The molecule has 1 heteroatoms. The van der Waals surface area contributed by atoms with Crippen molar-refractivity contribution in [3.63, 3.8) is 0 Å². The summed E-state index contributed by atoms with van der Waals surface area (Å²) in [6.45, 7) is 2.25. The summed E-state index contributed by atoms with van der Waals surface area (Å²) in [5.74, 6) is 0. The minimum atomic E-state index is 0.182. The lowest BCUT2D eigenvalue weighted by atomic mass is 10.1. The average molecular weight is 182 g/mol. The van der Waals surface area contributed by atoms with Crippen LogP contribution in [0.25, 0.3) is 0 Å². The zero-order valence-corrected chi connectivity index (χ0v) is 8.71. The molecule has 76 valence electrons. The molecule has 13 heavy (non-hydrogen) atoms. The Bertz CT molecular complexity index is 136. The minimum absolute atomic E-state index is 0.182. The minimum Gasteiger partial charge on any atom is -0.392 e. The number of unbranched alkanes of at least 4 members (excludes halogenated alkanes) is 5. The number of aliphatic hydroxyl groups excluding tert-OH is 1. The average Bonchev–Trinajstić information content (AvgIpc) is 2.16. The molecule has 0 unspecified atom stereocenters. The molecule has 0 aliphatic heterocycles. The number of aliphatic hydroxyl groups is 1. The van der Waals surface area contributed by atoms with E-state index in [-0.39, 0.29) is 6.61 Å². The zero-order chi connectivity index (χ0) is 9.78. The number of hydrogen-bond acceptors (Lipinski definition) is 1. The SMILES string of the molecule is CC=CCCCCCCC=CCO. The molecule has 0 aliphatic rings. The van der Waals surface area contributed by atoms with Gasteiger partial charge in [-0.3, -0.25) is 0 Å². The Balaban J connectivity index is 2.95. The number of allylic oxidation sites excluding steroid dienone is 3. The highest BCUT2D eigenvalue weighted by molar-refractivity contribution is 4.80. The Morgan fingerprint density at radius 3 is 2.00 bits per heavy atom. The lowest BCUT2D eigenvalue weighted by Gasteiger charge is -1.96. The maximum Gasteiger partial charge on any atom is 0.0612 e. The molecule has 0 aromatic heterocycles. The number of hydrogen-bond donors (Lipinski definition) is 1. The van der Waals surface area contributed by atoms with Crippen molar-refractivity contribution in [1.82, 2.24) is 0 Å². The molecule has 0 atom stereocenters. The molecule has 0 spiro atoms. The van der Waals surface area contributed by atoms with Crippen molar-refractivity contribution < 1.29 is 5.11 Å². The summed E-state index contributed by atoms with van der Waals surface area (Å²) in [7, 11) is 0. The van der Waals surface area contributed by atoms with Crippen LogP contribution in [-0.2, 0) is 0 Å². The Hall–Kier alpha value is -0.560. The van der Waals surface area contributed by atoms with Crippen LogP contribution in [0.3, 0.4) is 0 Å². The highest BCUT2D eigenvalue weighted by Crippen LogP contribution is 2.06. The van der Waals surface area contributed by atoms with Gasteiger partial charge in [-0.05, 0) is 32.6 Å². The second-order valence-electron chi connectivity index (χ2n) is 3.21. The van der Waals surface area contributed by atoms with Gasteiger partial charge in [0.1, 0.15) is 0 Å². The summed E-state index contributed by atoms with van der Waals surface area (Å²) in [5.41, 5.74) is 0. The largest absolute Gasteiger partial charge is 0.392 e. The summed E-state index contributed by atoms with van der Waals surface area (Å²) >= 11 is 0. The van der Waals surface area contributed by atoms with Crippen LogP contribution in [-0.4, -0.2) is 11.7 Å². The predicted molar refractivity (Wildman–Crippen MR) is 58.7 cm³/mol. The maximum absolute atomic E-state index is 8.47. The third-order valence-electron chi connectivity index (χ3n) is 2.00. The summed E-state index contributed by atoms with van der Waals surface area (Å²) < 4.78 is 0. The molecule has 0 heterocycles. The lowest BCUT2D eigenvalue weighted by molar-refractivity contribution is 0.342. The van der Waals surface area contributed by atoms with Gasteiger partial charge in [0.05, 0.1) is 6.61 Å². The van der Waals surface area contributed by atoms with Crippen LogP contribution in [0.15, 0.2) is 24.3 Å². The van der Waals surface area contributed by atoms with Crippen LogP contribution in [0.5, 0.6) is 0 Å². The quantitative estimate of drug-likeness (QED) is 0.450. The van der Waals surface area contributed by atoms with Crippen molar-refractivity contribution in [2.24, 2.45) is 0 Å². The van der Waals surface area contributed by atoms with Gasteiger partial charge in [0.15, 0.2) is 0 Å². The van der Waals surface area contributed by atoms with Crippen molar-refractivity contribution in [2.45, 2.75) is 45.4 Å². The standard InChI is InChI=1S/C12H22O/c1-2-3-4-5-6-7-8-9-10-11-12-13/h2-3,10-11,13H,4-9,12H2,1H3. The first-order valence-electron chi connectivity index (χ1n) is 5.28. The van der Waals surface area contributed by atoms with Gasteiger partial charge in [0.2, 0.25) is 0 Å². The first kappa shape index (κ1) is 12.4. The molecule has 0 amide bonds. The van der Waals surface area contributed by atoms with Gasteiger partial charge in [0, 0.05) is 0 Å². The Kier molecular flexibility index (Phi) is 10.9. The highest BCUT2D eigenvalue weighted by atomic mass is 16.2. The topological polar surface area (TPSA) is 20.2 Å². The van der Waals surface area contributed by atoms with Crippen LogP contribution in [0.4, 0.5) is 0 Å². The van der Waals surface area contributed by atoms with Gasteiger partial charge in [-0.1, -0.05) is 37.1 Å². The van der Waals surface area contributed by atoms with E-state index in [1.165, 1.54) is 32.1 Å². The highest BCUT2D eigenvalue weighted by Gasteiger charge is 1.86. The smallest absolute Gasteiger partial charge is 0.0612 e. The van der Waals surface area contributed by atoms with Crippen molar-refractivity contribution in [3.8, 4) is 0 Å². The Morgan fingerprint density at radius 2 is 1.46 bits per heavy atom. The fraction of sp³-hybridized carbons (Fsp3) is 0.667. The molecule has 0 saturated carbocycles. The van der Waals surface area contributed by atoms with Crippen molar-refractivity contribution in [1.29, 1.82) is 0 Å². The van der Waals surface area contributed by atoms with E-state index in [4.69, 9.17) is 5.11 Å². The molecule has 1 nitrogen and oxygen atoms in total. The van der Waals surface area contributed by atoms with E-state index in [2.05, 4.69) is 25.2 Å². The molecule has 0 aromatic rings. The van der Waals surface area contributed by atoms with Crippen LogP contribution in [0.1, 0.15) is 45.4 Å². The third-order valence-corrected chi connectivity index (χ3v) is 2.00. The number of rotatable bonds is 8. The lowest BCUT2D eigenvalue weighted by Crippen LogP contribution is -1.77. The first-order chi connectivity index (χ1) is 6.41. The van der Waals surface area contributed by atoms with Crippen LogP contribution >= 0.6 is 0 Å². The van der Waals surface area contributed by atoms with Gasteiger partial charge in [-0.15, -0.1) is 0 Å². The van der Waals surface area contributed by atoms with E-state index < -0.39 is 0 Å². The predicted octanol–water partition coefficient (Wildman–Crippen LogP) is 3.45. The van der Waals surface area contributed by atoms with Crippen LogP contribution < -0.4 is 0 Å². The van der Waals surface area contributed by atoms with Gasteiger partial charge >= 0.3 is 0 Å². The van der Waals surface area contributed by atoms with Crippen LogP contribution in [0.2, 0.25) is 0 Å². The third kappa shape index (κ3) is 11.4. The molecule has 0 rings (SSSR count). The van der Waals surface area contributed by atoms with Gasteiger partial charge in [-0.25, -0.2) is 0 Å². The van der Waals surface area contributed by atoms with E-state index in [0.717, 1.165) is 6.42 Å². The van der Waals surface area contributed by atoms with E-state index in [9.17, 15) is 0 Å². The van der Waals surface area contributed by atoms with Crippen molar-refractivity contribution >= 4 is 0 Å². The van der Waals surface area contributed by atoms with Gasteiger partial charge < -0.3 is 5.11 Å². The molecular weight excluding hydrogens is 160 g/mol. The van der Waals surface area contributed by atoms with Gasteiger partial charge in [-0.2, -0.15) is 0 Å². The molecular formula is C12H22O. The van der Waals surface area contributed by atoms with Crippen molar-refractivity contribution in [2.75, 3.05) is 6.61 Å². The maximum atomic E-state index is 8.47. The molecule has 1 N–H and O–H groups in total. The Morgan fingerprint density at radius 1 is 0.846 bits per heavy atom. The van der Waals surface area contributed by atoms with Gasteiger partial charge in [0.25, 0.3) is 0 Å². The summed E-state index contributed by atoms with van der Waals surface area (Å²) in [5, 5.41) is 8.47. The Labute approximate surface area is 82.2 Å². The second kappa shape index (κ2) is 11.4. The van der Waals surface area contributed by atoms with E-state index >= 15 is 0 Å². The second-order valence-corrected chi connectivity index (χ2v) is 3.21. The monoisotopic (exact) mass is 182 g/mol. The fourth-order valence-corrected chi connectivity index (χ4v) is 1.24. The normalized spacial score (nSPS) is 11.8. The van der Waals surface area contributed by atoms with Crippen LogP contribution in [0, 0.1) is 0 Å². The zero-order valence-electron chi connectivity index (χ0n) is 8.71. The molecule has 0 radical (unpaired) electrons. The summed E-state index contributed by atoms with van der Waals surface area (Å²) in [6, 6.07) is 0. The molecule has 0 aromatic carbocycles. The molecule has 0 aliphatic carbocycles.